The molecule has 0 aliphatic heterocycles. The summed E-state index contributed by atoms with van der Waals surface area (Å²) in [6.45, 7) is 0.740. The van der Waals surface area contributed by atoms with Gasteiger partial charge in [0.25, 0.3) is 11.6 Å². The van der Waals surface area contributed by atoms with Crippen LogP contribution in [-0.2, 0) is 9.53 Å². The fourth-order valence-electron chi connectivity index (χ4n) is 2.54. The summed E-state index contributed by atoms with van der Waals surface area (Å²) in [5.41, 5.74) is 2.52. The number of methoxy groups -OCH3 is 1. The van der Waals surface area contributed by atoms with Crippen molar-refractivity contribution in [1.82, 2.24) is 15.3 Å². The van der Waals surface area contributed by atoms with E-state index in [4.69, 9.17) is 4.74 Å². The molecule has 0 aliphatic carbocycles. The highest BCUT2D eigenvalue weighted by Crippen LogP contribution is 2.21. The molecule has 8 heteroatoms. The summed E-state index contributed by atoms with van der Waals surface area (Å²) in [6.07, 6.45) is 1.64. The first-order valence-electron chi connectivity index (χ1n) is 8.27. The zero-order chi connectivity index (χ0) is 19.2. The maximum absolute atomic E-state index is 12.7. The summed E-state index contributed by atoms with van der Waals surface area (Å²) < 4.78 is 4.96. The maximum Gasteiger partial charge on any atom is 0.269 e. The van der Waals surface area contributed by atoms with Crippen LogP contribution in [0.15, 0.2) is 48.5 Å². The third-order valence-electron chi connectivity index (χ3n) is 3.90. The van der Waals surface area contributed by atoms with Gasteiger partial charge >= 0.3 is 0 Å². The van der Waals surface area contributed by atoms with Crippen LogP contribution >= 0.6 is 0 Å². The van der Waals surface area contributed by atoms with Crippen molar-refractivity contribution in [3.05, 3.63) is 70.0 Å². The Morgan fingerprint density at radius 1 is 1.26 bits per heavy atom. The second-order valence-electron chi connectivity index (χ2n) is 5.76. The van der Waals surface area contributed by atoms with Crippen molar-refractivity contribution in [2.45, 2.75) is 0 Å². The Hall–Kier alpha value is -3.52. The smallest absolute Gasteiger partial charge is 0.269 e. The molecule has 3 aromatic rings. The van der Waals surface area contributed by atoms with Gasteiger partial charge in [0.05, 0.1) is 28.1 Å². The van der Waals surface area contributed by atoms with Crippen molar-refractivity contribution in [2.24, 2.45) is 0 Å². The van der Waals surface area contributed by atoms with E-state index in [1.807, 2.05) is 24.3 Å². The molecule has 2 aromatic carbocycles. The zero-order valence-electron chi connectivity index (χ0n) is 14.6. The molecule has 2 N–H and O–H groups in total. The van der Waals surface area contributed by atoms with Crippen LogP contribution in [-0.4, -0.2) is 41.1 Å². The first-order chi connectivity index (χ1) is 13.1. The van der Waals surface area contributed by atoms with E-state index in [1.54, 1.807) is 25.3 Å². The Bertz CT molecular complexity index is 959. The van der Waals surface area contributed by atoms with Crippen LogP contribution in [0.3, 0.4) is 0 Å². The molecule has 1 aromatic heterocycles. The first-order valence-corrected chi connectivity index (χ1v) is 8.27. The molecule has 8 nitrogen and oxygen atoms in total. The molecule has 138 valence electrons. The van der Waals surface area contributed by atoms with E-state index in [0.717, 1.165) is 11.0 Å². The van der Waals surface area contributed by atoms with Gasteiger partial charge in [-0.05, 0) is 35.9 Å². The van der Waals surface area contributed by atoms with Gasteiger partial charge in [0, 0.05) is 25.8 Å². The molecule has 0 atom stereocenters. The number of rotatable bonds is 7. The molecular formula is C19H18N4O4. The lowest BCUT2D eigenvalue weighted by atomic mass is 10.1. The summed E-state index contributed by atoms with van der Waals surface area (Å²) >= 11 is 0. The van der Waals surface area contributed by atoms with Gasteiger partial charge in [-0.25, -0.2) is 4.98 Å². The van der Waals surface area contributed by atoms with Crippen LogP contribution in [0.5, 0.6) is 0 Å². The predicted octanol–water partition coefficient (Wildman–Crippen LogP) is 2.77. The van der Waals surface area contributed by atoms with Crippen molar-refractivity contribution < 1.29 is 14.5 Å². The van der Waals surface area contributed by atoms with Gasteiger partial charge in [-0.15, -0.1) is 0 Å². The highest BCUT2D eigenvalue weighted by Gasteiger charge is 2.16. The number of nitrogens with one attached hydrogen (secondary N) is 2. The normalized spacial score (nSPS) is 11.5. The maximum atomic E-state index is 12.7. The van der Waals surface area contributed by atoms with Crippen LogP contribution in [0.2, 0.25) is 0 Å². The Morgan fingerprint density at radius 2 is 2.00 bits per heavy atom. The van der Waals surface area contributed by atoms with Gasteiger partial charge in [0.15, 0.2) is 0 Å². The van der Waals surface area contributed by atoms with E-state index in [9.17, 15) is 14.9 Å². The SMILES string of the molecule is COCCNC(=O)C(=Cc1ccc([N+](=O)[O-])cc1)c1nc2ccccc2[nH]1. The molecule has 1 amide bonds. The number of ether oxygens (including phenoxy) is 1. The molecule has 3 rings (SSSR count). The summed E-state index contributed by atoms with van der Waals surface area (Å²) in [4.78, 5) is 30.6. The molecule has 0 bridgehead atoms. The molecule has 0 aliphatic rings. The van der Waals surface area contributed by atoms with Crippen molar-refractivity contribution in [2.75, 3.05) is 20.3 Å². The van der Waals surface area contributed by atoms with Gasteiger partial charge in [0.2, 0.25) is 0 Å². The lowest BCUT2D eigenvalue weighted by Crippen LogP contribution is -2.28. The number of nitro groups is 1. The highest BCUT2D eigenvalue weighted by atomic mass is 16.6. The summed E-state index contributed by atoms with van der Waals surface area (Å²) in [7, 11) is 1.55. The number of carbonyl (C=O) groups excluding carboxylic acids is 1. The molecule has 0 saturated heterocycles. The Morgan fingerprint density at radius 3 is 2.67 bits per heavy atom. The average Bonchev–Trinajstić information content (AvgIpc) is 3.10. The number of imidazole rings is 1. The standard InChI is InChI=1S/C19H18N4O4/c1-27-11-10-20-19(24)15(12-13-6-8-14(9-7-13)23(25)26)18-21-16-4-2-3-5-17(16)22-18/h2-9,12H,10-11H2,1H3,(H,20,24)(H,21,22). The second kappa shape index (κ2) is 8.24. The Kier molecular flexibility index (Phi) is 5.58. The van der Waals surface area contributed by atoms with Gasteiger partial charge in [-0.1, -0.05) is 12.1 Å². The third kappa shape index (κ3) is 4.36. The van der Waals surface area contributed by atoms with Gasteiger partial charge in [-0.3, -0.25) is 14.9 Å². The monoisotopic (exact) mass is 366 g/mol. The van der Waals surface area contributed by atoms with E-state index < -0.39 is 4.92 Å². The van der Waals surface area contributed by atoms with E-state index >= 15 is 0 Å². The minimum Gasteiger partial charge on any atom is -0.383 e. The van der Waals surface area contributed by atoms with Crippen LogP contribution in [0.4, 0.5) is 5.69 Å². The van der Waals surface area contributed by atoms with Crippen molar-refractivity contribution >= 4 is 34.3 Å². The van der Waals surface area contributed by atoms with Crippen LogP contribution in [0, 0.1) is 10.1 Å². The summed E-state index contributed by atoms with van der Waals surface area (Å²) in [5.74, 6) is 0.105. The van der Waals surface area contributed by atoms with E-state index in [-0.39, 0.29) is 11.6 Å². The van der Waals surface area contributed by atoms with Crippen molar-refractivity contribution in [3.63, 3.8) is 0 Å². The average molecular weight is 366 g/mol. The van der Waals surface area contributed by atoms with Crippen LogP contribution in [0.1, 0.15) is 11.4 Å². The Labute approximate surface area is 155 Å². The van der Waals surface area contributed by atoms with Gasteiger partial charge < -0.3 is 15.0 Å². The molecule has 0 radical (unpaired) electrons. The van der Waals surface area contributed by atoms with Gasteiger partial charge in [-0.2, -0.15) is 0 Å². The molecule has 0 fully saturated rings. The predicted molar refractivity (Wildman–Crippen MR) is 102 cm³/mol. The highest BCUT2D eigenvalue weighted by molar-refractivity contribution is 6.23. The number of H-pyrrole nitrogens is 1. The molecular weight excluding hydrogens is 348 g/mol. The van der Waals surface area contributed by atoms with Crippen LogP contribution < -0.4 is 5.32 Å². The number of fused-ring (bicyclic) bond motifs is 1. The van der Waals surface area contributed by atoms with Crippen LogP contribution in [0.25, 0.3) is 22.7 Å². The number of nitro benzene ring substituents is 1. The fourth-order valence-corrected chi connectivity index (χ4v) is 2.54. The lowest BCUT2D eigenvalue weighted by molar-refractivity contribution is -0.384. The molecule has 0 saturated carbocycles. The quantitative estimate of drug-likeness (QED) is 0.289. The summed E-state index contributed by atoms with van der Waals surface area (Å²) in [6, 6.07) is 13.4. The number of aromatic nitrogens is 2. The zero-order valence-corrected chi connectivity index (χ0v) is 14.6. The molecule has 0 unspecified atom stereocenters. The number of hydrogen-bond donors (Lipinski definition) is 2. The topological polar surface area (TPSA) is 110 Å². The van der Waals surface area contributed by atoms with Crippen molar-refractivity contribution in [1.29, 1.82) is 0 Å². The fraction of sp³-hybridized carbons (Fsp3) is 0.158. The number of carbonyl (C=O) groups is 1. The number of hydrogen-bond acceptors (Lipinski definition) is 5. The molecule has 0 spiro atoms. The largest absolute Gasteiger partial charge is 0.383 e. The van der Waals surface area contributed by atoms with Crippen molar-refractivity contribution in [3.8, 4) is 0 Å². The minimum absolute atomic E-state index is 0.0121. The number of para-hydroxylation sites is 2. The number of non-ortho nitro benzene ring substituents is 1. The minimum atomic E-state index is -0.467. The number of aromatic amines is 1. The summed E-state index contributed by atoms with van der Waals surface area (Å²) in [5, 5.41) is 13.6. The number of amides is 1. The van der Waals surface area contributed by atoms with E-state index in [1.165, 1.54) is 12.1 Å². The Balaban J connectivity index is 1.98. The second-order valence-corrected chi connectivity index (χ2v) is 5.76. The van der Waals surface area contributed by atoms with E-state index in [0.29, 0.717) is 30.1 Å². The first kappa shape index (κ1) is 18.3. The number of benzene rings is 2. The van der Waals surface area contributed by atoms with E-state index in [2.05, 4.69) is 15.3 Å². The lowest BCUT2D eigenvalue weighted by Gasteiger charge is -2.07. The molecule has 1 heterocycles. The van der Waals surface area contributed by atoms with Gasteiger partial charge in [0.1, 0.15) is 5.82 Å². The molecule has 27 heavy (non-hydrogen) atoms. The number of nitrogens with zero attached hydrogens (tertiary/aromatic N) is 2. The third-order valence-corrected chi connectivity index (χ3v) is 3.90.